The largest absolute Gasteiger partial charge is 0.295 e. The highest BCUT2D eigenvalue weighted by atomic mass is 31.2. The number of hydrogen-bond donors (Lipinski definition) is 0. The van der Waals surface area contributed by atoms with E-state index in [1.54, 1.807) is 0 Å². The number of fused-ring (bicyclic) bond motifs is 2. The van der Waals surface area contributed by atoms with Gasteiger partial charge in [0, 0.05) is 30.2 Å². The van der Waals surface area contributed by atoms with Crippen molar-refractivity contribution in [2.45, 2.75) is 88.5 Å². The van der Waals surface area contributed by atoms with Gasteiger partial charge < -0.3 is 0 Å². The Hall–Kier alpha value is -0.520. The fraction of sp³-hybridized carbons (Fsp3) is 0.750. The summed E-state index contributed by atoms with van der Waals surface area (Å²) in [5.74, 6) is 0. The Labute approximate surface area is 200 Å². The molecule has 0 aromatic heterocycles. The summed E-state index contributed by atoms with van der Waals surface area (Å²) in [6.45, 7) is 2.10. The minimum atomic E-state index is -3.28. The number of benzene rings is 1. The van der Waals surface area contributed by atoms with E-state index in [4.69, 9.17) is 0 Å². The zero-order valence-corrected chi connectivity index (χ0v) is 22.7. The lowest BCUT2D eigenvalue weighted by molar-refractivity contribution is 0.233. The molecule has 2 aliphatic carbocycles. The van der Waals surface area contributed by atoms with Crippen LogP contribution in [-0.4, -0.2) is 75.5 Å². The third-order valence-electron chi connectivity index (χ3n) is 9.11. The molecule has 0 radical (unpaired) electrons. The Morgan fingerprint density at radius 3 is 1.36 bits per heavy atom. The lowest BCUT2D eigenvalue weighted by Crippen LogP contribution is -2.38. The molecule has 2 heterocycles. The second kappa shape index (κ2) is 8.85. The molecule has 1 aromatic carbocycles. The van der Waals surface area contributed by atoms with Crippen molar-refractivity contribution in [1.82, 2.24) is 23.1 Å². The van der Waals surface area contributed by atoms with Gasteiger partial charge in [0.05, 0.1) is 0 Å². The van der Waals surface area contributed by atoms with Gasteiger partial charge in [-0.05, 0) is 66.4 Å². The maximum atomic E-state index is 15.4. The molecule has 0 spiro atoms. The number of rotatable bonds is 4. The Morgan fingerprint density at radius 1 is 0.697 bits per heavy atom. The first-order chi connectivity index (χ1) is 15.7. The number of nitrogens with zero attached hydrogens (tertiary/aromatic N) is 5. The van der Waals surface area contributed by atoms with Gasteiger partial charge in [-0.3, -0.25) is 9.13 Å². The number of hydrogen-bond acceptors (Lipinski definition) is 2. The van der Waals surface area contributed by atoms with Crippen LogP contribution in [0.2, 0.25) is 0 Å². The van der Waals surface area contributed by atoms with Crippen LogP contribution in [0.1, 0.15) is 69.9 Å². The maximum Gasteiger partial charge on any atom is 0.295 e. The molecule has 9 heteroatoms. The van der Waals surface area contributed by atoms with Crippen molar-refractivity contribution < 1.29 is 9.13 Å². The molecule has 184 valence electrons. The molecule has 0 unspecified atom stereocenters. The molecule has 2 saturated carbocycles. The van der Waals surface area contributed by atoms with Crippen LogP contribution in [-0.2, 0) is 9.13 Å². The molecule has 33 heavy (non-hydrogen) atoms. The van der Waals surface area contributed by atoms with Crippen molar-refractivity contribution in [3.05, 3.63) is 35.9 Å². The molecular weight excluding hydrogens is 452 g/mol. The summed E-state index contributed by atoms with van der Waals surface area (Å²) < 4.78 is 41.3. The highest BCUT2D eigenvalue weighted by Gasteiger charge is 2.65. The van der Waals surface area contributed by atoms with Crippen LogP contribution in [0.25, 0.3) is 0 Å². The van der Waals surface area contributed by atoms with Crippen molar-refractivity contribution >= 4 is 15.2 Å². The van der Waals surface area contributed by atoms with Crippen molar-refractivity contribution in [3.63, 3.8) is 0 Å². The van der Waals surface area contributed by atoms with E-state index in [-0.39, 0.29) is 30.2 Å². The van der Waals surface area contributed by atoms with Crippen molar-refractivity contribution in [2.24, 2.45) is 0 Å². The van der Waals surface area contributed by atoms with Gasteiger partial charge in [-0.2, -0.15) is 0 Å². The van der Waals surface area contributed by atoms with Gasteiger partial charge >= 0.3 is 0 Å². The summed E-state index contributed by atoms with van der Waals surface area (Å²) in [5.41, 5.74) is 1.07. The second-order valence-corrected chi connectivity index (χ2v) is 16.3. The summed E-state index contributed by atoms with van der Waals surface area (Å²) >= 11 is 0. The monoisotopic (exact) mass is 493 g/mol. The molecule has 4 aliphatic rings. The van der Waals surface area contributed by atoms with Gasteiger partial charge in [-0.25, -0.2) is 18.7 Å². The lowest BCUT2D eigenvalue weighted by Gasteiger charge is -2.46. The van der Waals surface area contributed by atoms with Crippen molar-refractivity contribution in [3.8, 4) is 0 Å². The molecule has 2 saturated heterocycles. The first-order valence-electron chi connectivity index (χ1n) is 12.7. The molecule has 1 aromatic rings. The molecule has 0 bridgehead atoms. The van der Waals surface area contributed by atoms with E-state index in [1.165, 1.54) is 25.7 Å². The molecule has 4 fully saturated rings. The second-order valence-electron chi connectivity index (χ2n) is 10.6. The Bertz CT molecular complexity index is 863. The van der Waals surface area contributed by atoms with Gasteiger partial charge in [-0.15, -0.1) is 4.44 Å². The van der Waals surface area contributed by atoms with E-state index in [9.17, 15) is 0 Å². The van der Waals surface area contributed by atoms with E-state index in [2.05, 4.69) is 37.7 Å². The molecule has 0 N–H and O–H groups in total. The summed E-state index contributed by atoms with van der Waals surface area (Å²) in [5, 5.41) is 0. The molecular formula is C24H41N5O2P2. The van der Waals surface area contributed by atoms with E-state index >= 15 is 9.13 Å². The van der Waals surface area contributed by atoms with Crippen LogP contribution in [0, 0.1) is 0 Å². The van der Waals surface area contributed by atoms with E-state index < -0.39 is 15.2 Å². The predicted octanol–water partition coefficient (Wildman–Crippen LogP) is 5.64. The van der Waals surface area contributed by atoms with Crippen molar-refractivity contribution in [1.29, 1.82) is 0 Å². The zero-order valence-electron chi connectivity index (χ0n) is 20.9. The van der Waals surface area contributed by atoms with E-state index in [0.29, 0.717) is 0 Å². The van der Waals surface area contributed by atoms with Crippen LogP contribution >= 0.6 is 15.2 Å². The highest BCUT2D eigenvalue weighted by Crippen LogP contribution is 2.79. The van der Waals surface area contributed by atoms with Crippen molar-refractivity contribution in [2.75, 3.05) is 28.2 Å². The average molecular weight is 494 g/mol. The molecule has 0 amide bonds. The topological polar surface area (TPSA) is 50.3 Å². The Balaban J connectivity index is 1.66. The Kier molecular flexibility index (Phi) is 6.49. The highest BCUT2D eigenvalue weighted by molar-refractivity contribution is 7.72. The smallest absolute Gasteiger partial charge is 0.270 e. The normalized spacial score (nSPS) is 36.1. The Morgan fingerprint density at radius 2 is 1.03 bits per heavy atom. The summed E-state index contributed by atoms with van der Waals surface area (Å²) in [4.78, 5) is 0. The van der Waals surface area contributed by atoms with Gasteiger partial charge in [0.25, 0.3) is 15.2 Å². The first-order valence-corrected chi connectivity index (χ1v) is 15.9. The molecule has 5 rings (SSSR count). The number of likely N-dealkylation sites (N-methyl/N-ethyl adjacent to an activating group) is 4. The van der Waals surface area contributed by atoms with Crippen LogP contribution in [0.3, 0.4) is 0 Å². The van der Waals surface area contributed by atoms with Gasteiger partial charge in [0.1, 0.15) is 0 Å². The van der Waals surface area contributed by atoms with E-state index in [0.717, 1.165) is 31.2 Å². The van der Waals surface area contributed by atoms with Gasteiger partial charge in [0.2, 0.25) is 0 Å². The third-order valence-corrected chi connectivity index (χ3v) is 16.7. The van der Waals surface area contributed by atoms with E-state index in [1.807, 2.05) is 50.8 Å². The zero-order chi connectivity index (χ0) is 23.5. The van der Waals surface area contributed by atoms with Gasteiger partial charge in [-0.1, -0.05) is 56.0 Å². The minimum absolute atomic E-state index is 0.238. The summed E-state index contributed by atoms with van der Waals surface area (Å²) in [6.07, 6.45) is 8.94. The predicted molar refractivity (Wildman–Crippen MR) is 135 cm³/mol. The summed E-state index contributed by atoms with van der Waals surface area (Å²) in [7, 11) is 1.53. The maximum absolute atomic E-state index is 15.4. The quantitative estimate of drug-likeness (QED) is 0.503. The molecule has 2 aliphatic heterocycles. The molecule has 5 atom stereocenters. The molecule has 7 nitrogen and oxygen atoms in total. The average Bonchev–Trinajstić information content (AvgIpc) is 3.16. The SMILES string of the molecule is C[C@H](c1ccccc1)N(P1(=O)N(C)[C@@H]2CCCC[C@H]2N1C)P1(=O)N(C)[C@@H]2CCCC[C@H]2N1C. The van der Waals surface area contributed by atoms with Crippen LogP contribution in [0.15, 0.2) is 30.3 Å². The summed E-state index contributed by atoms with van der Waals surface area (Å²) in [6, 6.07) is 11.0. The van der Waals surface area contributed by atoms with Crippen LogP contribution in [0.5, 0.6) is 0 Å². The first kappa shape index (κ1) is 24.2. The fourth-order valence-electron chi connectivity index (χ4n) is 7.19. The fourth-order valence-corrected chi connectivity index (χ4v) is 15.8. The lowest BCUT2D eigenvalue weighted by atomic mass is 9.91. The van der Waals surface area contributed by atoms with Crippen LogP contribution < -0.4 is 0 Å². The van der Waals surface area contributed by atoms with Crippen LogP contribution in [0.4, 0.5) is 0 Å². The minimum Gasteiger partial charge on any atom is -0.270 e. The third kappa shape index (κ3) is 3.42. The van der Waals surface area contributed by atoms with Gasteiger partial charge in [0.15, 0.2) is 0 Å². The standard InChI is InChI=1S/C24H41N5O2P2/c1-19(20-13-7-6-8-14-20)29(32(30)25(2)21-15-9-10-16-22(21)26(32)3)33(31)27(4)23-17-11-12-18-24(23)28(33)5/h6-8,13-14,19,21-24H,9-12,15-18H2,1-5H3/t19-,21-,22-,23-,24-/m1/s1.